The van der Waals surface area contributed by atoms with Gasteiger partial charge in [0.15, 0.2) is 5.17 Å². The standard InChI is InChI=1S/C30H30N4O3S/c1-21-27(29(36)33-24-11-6-3-7-12-24)28(34-17-8-18-38-30(34)31-21)23-13-15-25(16-14-23)32-26(35)20-37-19-22-9-4-2-5-10-22/h2-7,9-16,28H,8,17-20H2,1H3,(H,32,35)(H,33,36). The Morgan fingerprint density at radius 1 is 0.947 bits per heavy atom. The smallest absolute Gasteiger partial charge is 0.255 e. The van der Waals surface area contributed by atoms with Crippen LogP contribution < -0.4 is 10.6 Å². The molecular weight excluding hydrogens is 496 g/mol. The van der Waals surface area contributed by atoms with Crippen LogP contribution in [0.25, 0.3) is 0 Å². The molecule has 3 aromatic carbocycles. The quantitative estimate of drug-likeness (QED) is 0.399. The van der Waals surface area contributed by atoms with Crippen molar-refractivity contribution < 1.29 is 14.3 Å². The van der Waals surface area contributed by atoms with Crippen molar-refractivity contribution in [1.29, 1.82) is 0 Å². The monoisotopic (exact) mass is 526 g/mol. The number of nitrogens with one attached hydrogen (secondary N) is 2. The van der Waals surface area contributed by atoms with E-state index in [-0.39, 0.29) is 24.5 Å². The maximum Gasteiger partial charge on any atom is 0.255 e. The van der Waals surface area contributed by atoms with Crippen molar-refractivity contribution in [2.24, 2.45) is 4.99 Å². The number of benzene rings is 3. The molecule has 0 bridgehead atoms. The largest absolute Gasteiger partial charge is 0.367 e. The van der Waals surface area contributed by atoms with E-state index in [1.165, 1.54) is 0 Å². The van der Waals surface area contributed by atoms with Crippen LogP contribution in [0, 0.1) is 0 Å². The number of ether oxygens (including phenoxy) is 1. The van der Waals surface area contributed by atoms with Gasteiger partial charge in [0, 0.05) is 23.7 Å². The molecule has 1 fully saturated rings. The van der Waals surface area contributed by atoms with Crippen molar-refractivity contribution >= 4 is 40.1 Å². The number of nitrogens with zero attached hydrogens (tertiary/aromatic N) is 2. The Bertz CT molecular complexity index is 1340. The molecule has 38 heavy (non-hydrogen) atoms. The average Bonchev–Trinajstić information content (AvgIpc) is 2.94. The lowest BCUT2D eigenvalue weighted by molar-refractivity contribution is -0.121. The number of aliphatic imine (C=N–C) groups is 1. The first-order chi connectivity index (χ1) is 18.6. The Morgan fingerprint density at radius 2 is 1.63 bits per heavy atom. The molecule has 8 heteroatoms. The third-order valence-electron chi connectivity index (χ3n) is 6.39. The fourth-order valence-electron chi connectivity index (χ4n) is 4.61. The van der Waals surface area contributed by atoms with E-state index in [0.29, 0.717) is 17.9 Å². The second kappa shape index (κ2) is 12.1. The van der Waals surface area contributed by atoms with Gasteiger partial charge in [0.05, 0.1) is 23.9 Å². The second-order valence-electron chi connectivity index (χ2n) is 9.16. The Morgan fingerprint density at radius 3 is 2.37 bits per heavy atom. The molecule has 2 aliphatic heterocycles. The number of amidine groups is 1. The van der Waals surface area contributed by atoms with Gasteiger partial charge in [-0.15, -0.1) is 0 Å². The van der Waals surface area contributed by atoms with E-state index in [1.807, 2.05) is 91.9 Å². The number of fused-ring (bicyclic) bond motifs is 1. The Kier molecular flexibility index (Phi) is 8.21. The summed E-state index contributed by atoms with van der Waals surface area (Å²) >= 11 is 1.72. The van der Waals surface area contributed by atoms with Gasteiger partial charge in [-0.2, -0.15) is 0 Å². The summed E-state index contributed by atoms with van der Waals surface area (Å²) in [5, 5.41) is 6.88. The molecule has 2 N–H and O–H groups in total. The highest BCUT2D eigenvalue weighted by Crippen LogP contribution is 2.40. The van der Waals surface area contributed by atoms with Crippen LogP contribution in [0.1, 0.15) is 30.5 Å². The summed E-state index contributed by atoms with van der Waals surface area (Å²) in [5.74, 6) is 0.634. The maximum absolute atomic E-state index is 13.5. The lowest BCUT2D eigenvalue weighted by Gasteiger charge is -2.40. The Balaban J connectivity index is 1.30. The maximum atomic E-state index is 13.5. The minimum absolute atomic E-state index is 0.0319. The summed E-state index contributed by atoms with van der Waals surface area (Å²) in [6.45, 7) is 3.07. The summed E-state index contributed by atoms with van der Waals surface area (Å²) in [5.41, 5.74) is 4.76. The van der Waals surface area contributed by atoms with Gasteiger partial charge in [-0.05, 0) is 48.7 Å². The summed E-state index contributed by atoms with van der Waals surface area (Å²) in [6, 6.07) is 26.6. The molecule has 0 spiro atoms. The minimum Gasteiger partial charge on any atom is -0.367 e. The SMILES string of the molecule is CC1=C(C(=O)Nc2ccccc2)C(c2ccc(NC(=O)COCc3ccccc3)cc2)N2CCCSC2=N1. The first-order valence-electron chi connectivity index (χ1n) is 12.7. The van der Waals surface area contributed by atoms with Crippen LogP contribution in [-0.2, 0) is 20.9 Å². The van der Waals surface area contributed by atoms with Crippen molar-refractivity contribution in [3.8, 4) is 0 Å². The van der Waals surface area contributed by atoms with Crippen LogP contribution in [0.3, 0.4) is 0 Å². The summed E-state index contributed by atoms with van der Waals surface area (Å²) in [7, 11) is 0. The molecule has 2 aliphatic rings. The first kappa shape index (κ1) is 25.8. The zero-order chi connectivity index (χ0) is 26.3. The number of amides is 2. The number of para-hydroxylation sites is 1. The highest BCUT2D eigenvalue weighted by Gasteiger charge is 2.37. The molecule has 0 aliphatic carbocycles. The Labute approximate surface area is 227 Å². The third-order valence-corrected chi connectivity index (χ3v) is 7.47. The fourth-order valence-corrected chi connectivity index (χ4v) is 5.63. The fraction of sp³-hybridized carbons (Fsp3) is 0.233. The zero-order valence-corrected chi connectivity index (χ0v) is 22.0. The van der Waals surface area contributed by atoms with Crippen LogP contribution in [0.4, 0.5) is 11.4 Å². The van der Waals surface area contributed by atoms with Crippen molar-refractivity contribution in [2.75, 3.05) is 29.5 Å². The summed E-state index contributed by atoms with van der Waals surface area (Å²) in [4.78, 5) is 32.9. The van der Waals surface area contributed by atoms with E-state index in [9.17, 15) is 9.59 Å². The van der Waals surface area contributed by atoms with E-state index < -0.39 is 0 Å². The van der Waals surface area contributed by atoms with Gasteiger partial charge in [-0.25, -0.2) is 4.99 Å². The molecule has 2 heterocycles. The molecule has 1 atom stereocenters. The summed E-state index contributed by atoms with van der Waals surface area (Å²) in [6.07, 6.45) is 1.02. The van der Waals surface area contributed by atoms with Crippen molar-refractivity contribution in [3.05, 3.63) is 107 Å². The lowest BCUT2D eigenvalue weighted by atomic mass is 9.93. The Hall–Kier alpha value is -3.88. The lowest BCUT2D eigenvalue weighted by Crippen LogP contribution is -2.43. The van der Waals surface area contributed by atoms with Gasteiger partial charge in [-0.1, -0.05) is 72.4 Å². The molecule has 2 amide bonds. The number of allylic oxidation sites excluding steroid dienone is 1. The van der Waals surface area contributed by atoms with Gasteiger partial charge in [0.2, 0.25) is 5.91 Å². The van der Waals surface area contributed by atoms with E-state index in [0.717, 1.165) is 46.4 Å². The first-order valence-corrected chi connectivity index (χ1v) is 13.6. The number of rotatable bonds is 8. The topological polar surface area (TPSA) is 83.0 Å². The number of hydrogen-bond donors (Lipinski definition) is 2. The molecule has 0 aromatic heterocycles. The van der Waals surface area contributed by atoms with Crippen LogP contribution in [0.15, 0.2) is 101 Å². The second-order valence-corrected chi connectivity index (χ2v) is 10.2. The van der Waals surface area contributed by atoms with Crippen molar-refractivity contribution in [1.82, 2.24) is 4.90 Å². The normalized spacial score (nSPS) is 16.9. The van der Waals surface area contributed by atoms with Crippen molar-refractivity contribution in [2.45, 2.75) is 26.0 Å². The minimum atomic E-state index is -0.266. The molecule has 7 nitrogen and oxygen atoms in total. The van der Waals surface area contributed by atoms with E-state index in [1.54, 1.807) is 11.8 Å². The molecule has 194 valence electrons. The van der Waals surface area contributed by atoms with Crippen molar-refractivity contribution in [3.63, 3.8) is 0 Å². The third kappa shape index (κ3) is 6.15. The number of carbonyl (C=O) groups excluding carboxylic acids is 2. The van der Waals surface area contributed by atoms with E-state index in [4.69, 9.17) is 9.73 Å². The van der Waals surface area contributed by atoms with Gasteiger partial charge >= 0.3 is 0 Å². The number of thioether (sulfide) groups is 1. The van der Waals surface area contributed by atoms with Gasteiger partial charge in [0.1, 0.15) is 6.61 Å². The molecule has 0 radical (unpaired) electrons. The predicted octanol–water partition coefficient (Wildman–Crippen LogP) is 5.60. The molecule has 1 unspecified atom stereocenters. The average molecular weight is 527 g/mol. The molecule has 0 saturated carbocycles. The van der Waals surface area contributed by atoms with Crippen LogP contribution >= 0.6 is 11.8 Å². The van der Waals surface area contributed by atoms with Gasteiger partial charge in [-0.3, -0.25) is 9.59 Å². The van der Waals surface area contributed by atoms with E-state index in [2.05, 4.69) is 15.5 Å². The number of carbonyl (C=O) groups is 2. The highest BCUT2D eigenvalue weighted by molar-refractivity contribution is 8.13. The van der Waals surface area contributed by atoms with Gasteiger partial charge in [0.25, 0.3) is 5.91 Å². The molecule has 3 aromatic rings. The zero-order valence-electron chi connectivity index (χ0n) is 21.2. The van der Waals surface area contributed by atoms with Crippen LogP contribution in [0.5, 0.6) is 0 Å². The van der Waals surface area contributed by atoms with Crippen LogP contribution in [-0.4, -0.2) is 40.8 Å². The summed E-state index contributed by atoms with van der Waals surface area (Å²) < 4.78 is 5.55. The predicted molar refractivity (Wildman–Crippen MR) is 153 cm³/mol. The number of anilines is 2. The van der Waals surface area contributed by atoms with E-state index >= 15 is 0 Å². The van der Waals surface area contributed by atoms with Gasteiger partial charge < -0.3 is 20.3 Å². The molecular formula is C30H30N4O3S. The highest BCUT2D eigenvalue weighted by atomic mass is 32.2. The number of hydrogen-bond acceptors (Lipinski definition) is 6. The molecule has 1 saturated heterocycles. The van der Waals surface area contributed by atoms with Crippen LogP contribution in [0.2, 0.25) is 0 Å². The molecule has 5 rings (SSSR count).